The van der Waals surface area contributed by atoms with Gasteiger partial charge in [0.15, 0.2) is 14.7 Å². The zero-order chi connectivity index (χ0) is 29.9. The van der Waals surface area contributed by atoms with Gasteiger partial charge in [-0.2, -0.15) is 0 Å². The molecule has 0 aromatic heterocycles. The van der Waals surface area contributed by atoms with E-state index in [1.54, 1.807) is 64.1 Å². The molecule has 3 aromatic carbocycles. The van der Waals surface area contributed by atoms with Gasteiger partial charge in [-0.1, -0.05) is 13.8 Å². The topological polar surface area (TPSA) is 107 Å². The third kappa shape index (κ3) is 10.4. The van der Waals surface area contributed by atoms with Crippen LogP contribution < -0.4 is 14.2 Å². The van der Waals surface area contributed by atoms with Gasteiger partial charge in [0.2, 0.25) is 0 Å². The van der Waals surface area contributed by atoms with E-state index < -0.39 is 29.4 Å². The summed E-state index contributed by atoms with van der Waals surface area (Å²) < 4.78 is 31.0. The van der Waals surface area contributed by atoms with Crippen molar-refractivity contribution in [2.75, 3.05) is 6.61 Å². The van der Waals surface area contributed by atoms with Crippen LogP contribution in [0.1, 0.15) is 41.5 Å². The Bertz CT molecular complexity index is 1220. The Morgan fingerprint density at radius 3 is 1.15 bits per heavy atom. The summed E-state index contributed by atoms with van der Waals surface area (Å²) in [6, 6.07) is 21.3. The summed E-state index contributed by atoms with van der Waals surface area (Å²) in [5, 5.41) is 0. The molecule has 0 aliphatic carbocycles. The summed E-state index contributed by atoms with van der Waals surface area (Å²) in [5.74, 6) is 1.24. The lowest BCUT2D eigenvalue weighted by molar-refractivity contribution is 0.0716. The first kappa shape index (κ1) is 31.3. The molecule has 9 nitrogen and oxygen atoms in total. The molecule has 0 N–H and O–H groups in total. The Hall–Kier alpha value is -4.18. The van der Waals surface area contributed by atoms with Crippen LogP contribution in [-0.2, 0) is 25.1 Å². The number of benzene rings is 3. The first-order valence-corrected chi connectivity index (χ1v) is 14.4. The molecule has 41 heavy (non-hydrogen) atoms. The van der Waals surface area contributed by atoms with E-state index in [9.17, 15) is 14.4 Å². The van der Waals surface area contributed by atoms with Crippen LogP contribution in [0.25, 0.3) is 0 Å². The van der Waals surface area contributed by atoms with Crippen LogP contribution in [0.5, 0.6) is 17.2 Å². The zero-order valence-electron chi connectivity index (χ0n) is 23.9. The molecule has 3 rings (SSSR count). The van der Waals surface area contributed by atoms with E-state index >= 15 is 0 Å². The minimum absolute atomic E-state index is 0.196. The van der Waals surface area contributed by atoms with Crippen molar-refractivity contribution >= 4 is 29.4 Å². The average Bonchev–Trinajstić information content (AvgIpc) is 2.89. The van der Waals surface area contributed by atoms with Gasteiger partial charge in [-0.3, -0.25) is 0 Å². The number of hydrogen-bond donors (Lipinski definition) is 0. The fraction of sp³-hybridized carbons (Fsp3) is 0.323. The molecule has 0 aliphatic heterocycles. The second-order valence-corrected chi connectivity index (χ2v) is 11.8. The normalized spacial score (nSPS) is 11.0. The molecule has 3 aromatic rings. The highest BCUT2D eigenvalue weighted by Gasteiger charge is 2.29. The van der Waals surface area contributed by atoms with Crippen molar-refractivity contribution in [3.63, 3.8) is 0 Å². The molecule has 0 fully saturated rings. The Kier molecular flexibility index (Phi) is 11.5. The van der Waals surface area contributed by atoms with Crippen molar-refractivity contribution < 1.29 is 42.8 Å². The molecule has 0 atom stereocenters. The summed E-state index contributed by atoms with van der Waals surface area (Å²) in [6.07, 6.45) is -2.91. The maximum absolute atomic E-state index is 12.0. The molecular weight excluding hydrogens is 548 g/mol. The minimum Gasteiger partial charge on any atom is -0.434 e. The van der Waals surface area contributed by atoms with Crippen LogP contribution in [0.3, 0.4) is 0 Å². The van der Waals surface area contributed by atoms with Crippen molar-refractivity contribution in [1.29, 1.82) is 0 Å². The SMILES string of the molecule is CC(C)COC(=O)Oc1ccc([S+](c2ccc(OC(=O)OC(C)C)cc2)c2ccc(OC(=O)OC(C)C)cc2)cc1. The van der Waals surface area contributed by atoms with Gasteiger partial charge in [-0.25, -0.2) is 14.4 Å². The third-order valence-electron chi connectivity index (χ3n) is 4.98. The van der Waals surface area contributed by atoms with Crippen LogP contribution in [0, 0.1) is 5.92 Å². The molecule has 218 valence electrons. The largest absolute Gasteiger partial charge is 0.514 e. The van der Waals surface area contributed by atoms with Crippen LogP contribution in [-0.4, -0.2) is 37.3 Å². The summed E-state index contributed by atoms with van der Waals surface area (Å²) in [7, 11) is -0.621. The fourth-order valence-electron chi connectivity index (χ4n) is 3.33. The zero-order valence-corrected chi connectivity index (χ0v) is 24.8. The first-order valence-electron chi connectivity index (χ1n) is 13.2. The monoisotopic (exact) mass is 583 g/mol. The summed E-state index contributed by atoms with van der Waals surface area (Å²) in [4.78, 5) is 38.6. The summed E-state index contributed by atoms with van der Waals surface area (Å²) in [5.41, 5.74) is 0. The molecule has 0 spiro atoms. The maximum Gasteiger partial charge on any atom is 0.514 e. The number of rotatable bonds is 10. The summed E-state index contributed by atoms with van der Waals surface area (Å²) in [6.45, 7) is 11.1. The van der Waals surface area contributed by atoms with E-state index in [1.165, 1.54) is 0 Å². The Labute approximate surface area is 243 Å². The highest BCUT2D eigenvalue weighted by Crippen LogP contribution is 2.34. The van der Waals surface area contributed by atoms with Crippen molar-refractivity contribution in [2.45, 2.75) is 68.4 Å². The first-order chi connectivity index (χ1) is 19.5. The predicted octanol–water partition coefficient (Wildman–Crippen LogP) is 7.80. The highest BCUT2D eigenvalue weighted by molar-refractivity contribution is 7.97. The predicted molar refractivity (Wildman–Crippen MR) is 153 cm³/mol. The van der Waals surface area contributed by atoms with Crippen molar-refractivity contribution in [2.24, 2.45) is 5.92 Å². The van der Waals surface area contributed by atoms with E-state index in [0.717, 1.165) is 14.7 Å². The van der Waals surface area contributed by atoms with Crippen molar-refractivity contribution in [1.82, 2.24) is 0 Å². The number of ether oxygens (including phenoxy) is 6. The number of hydrogen-bond acceptors (Lipinski definition) is 9. The van der Waals surface area contributed by atoms with Gasteiger partial charge < -0.3 is 28.4 Å². The van der Waals surface area contributed by atoms with Gasteiger partial charge in [0.25, 0.3) is 0 Å². The minimum atomic E-state index is -0.777. The van der Waals surface area contributed by atoms with Crippen molar-refractivity contribution in [3.05, 3.63) is 72.8 Å². The molecule has 0 amide bonds. The molecule has 0 saturated carbocycles. The van der Waals surface area contributed by atoms with E-state index in [2.05, 4.69) is 0 Å². The van der Waals surface area contributed by atoms with E-state index in [-0.39, 0.29) is 24.7 Å². The summed E-state index contributed by atoms with van der Waals surface area (Å²) >= 11 is 0. The van der Waals surface area contributed by atoms with Crippen LogP contribution in [0.4, 0.5) is 14.4 Å². The molecule has 10 heteroatoms. The fourth-order valence-corrected chi connectivity index (χ4v) is 5.37. The van der Waals surface area contributed by atoms with E-state index in [4.69, 9.17) is 28.4 Å². The quantitative estimate of drug-likeness (QED) is 0.102. The Balaban J connectivity index is 1.86. The highest BCUT2D eigenvalue weighted by atomic mass is 32.2. The smallest absolute Gasteiger partial charge is 0.434 e. The Morgan fingerprint density at radius 2 is 0.854 bits per heavy atom. The van der Waals surface area contributed by atoms with Gasteiger partial charge >= 0.3 is 18.5 Å². The van der Waals surface area contributed by atoms with E-state index in [0.29, 0.717) is 17.2 Å². The maximum atomic E-state index is 12.0. The van der Waals surface area contributed by atoms with Gasteiger partial charge in [-0.05, 0) is 106 Å². The van der Waals surface area contributed by atoms with Gasteiger partial charge in [0.05, 0.1) is 29.7 Å². The second kappa shape index (κ2) is 15.0. The van der Waals surface area contributed by atoms with Crippen molar-refractivity contribution in [3.8, 4) is 17.2 Å². The van der Waals surface area contributed by atoms with E-state index in [1.807, 2.05) is 50.2 Å². The molecule has 0 saturated heterocycles. The molecular formula is C31H35O9S+. The number of carbonyl (C=O) groups excluding carboxylic acids is 3. The molecule has 0 radical (unpaired) electrons. The molecule has 0 bridgehead atoms. The molecule has 0 heterocycles. The van der Waals surface area contributed by atoms with Gasteiger partial charge in [0.1, 0.15) is 17.2 Å². The number of carbonyl (C=O) groups is 3. The van der Waals surface area contributed by atoms with Gasteiger partial charge in [-0.15, -0.1) is 0 Å². The standard InChI is InChI=1S/C31H35O9S/c1-20(2)19-35-29(32)38-23-7-13-26(14-8-23)41(27-15-9-24(10-16-27)39-30(33)36-21(3)4)28-17-11-25(12-18-28)40-31(34)37-22(5)6/h7-18,20-22H,19H2,1-6H3/q+1. The molecule has 0 aliphatic rings. The Morgan fingerprint density at radius 1 is 0.537 bits per heavy atom. The van der Waals surface area contributed by atoms with Crippen LogP contribution in [0.15, 0.2) is 87.5 Å². The molecule has 0 unspecified atom stereocenters. The average molecular weight is 584 g/mol. The third-order valence-corrected chi connectivity index (χ3v) is 7.21. The van der Waals surface area contributed by atoms with Crippen LogP contribution in [0.2, 0.25) is 0 Å². The lowest BCUT2D eigenvalue weighted by Crippen LogP contribution is -2.15. The van der Waals surface area contributed by atoms with Crippen LogP contribution >= 0.6 is 0 Å². The van der Waals surface area contributed by atoms with Gasteiger partial charge in [0, 0.05) is 0 Å². The lowest BCUT2D eigenvalue weighted by Gasteiger charge is -2.12. The second-order valence-electron chi connectivity index (χ2n) is 9.81. The lowest BCUT2D eigenvalue weighted by atomic mass is 10.2.